The van der Waals surface area contributed by atoms with Gasteiger partial charge < -0.3 is 1.43 Å². The van der Waals surface area contributed by atoms with Crippen LogP contribution in [0.1, 0.15) is 1.43 Å². The van der Waals surface area contributed by atoms with Crippen LogP contribution in [-0.4, -0.2) is 13.0 Å². The van der Waals surface area contributed by atoms with Gasteiger partial charge in [0.2, 0.25) is 0 Å². The Labute approximate surface area is 122 Å². The van der Waals surface area contributed by atoms with Crippen LogP contribution in [0.25, 0.3) is 10.8 Å². The molecular formula is C10H8ClNaO3S. The van der Waals surface area contributed by atoms with E-state index in [2.05, 4.69) is 0 Å². The van der Waals surface area contributed by atoms with Crippen molar-refractivity contribution in [3.05, 3.63) is 41.4 Å². The average Bonchev–Trinajstić information content (AvgIpc) is 2.15. The van der Waals surface area contributed by atoms with Gasteiger partial charge in [0.15, 0.2) is 0 Å². The van der Waals surface area contributed by atoms with E-state index in [1.807, 2.05) is 0 Å². The summed E-state index contributed by atoms with van der Waals surface area (Å²) >= 11 is 5.75. The van der Waals surface area contributed by atoms with Crippen molar-refractivity contribution in [2.75, 3.05) is 0 Å². The third-order valence-corrected chi connectivity index (χ3v) is 3.47. The molecule has 0 spiro atoms. The number of hydrogen-bond acceptors (Lipinski definition) is 2. The van der Waals surface area contributed by atoms with Gasteiger partial charge in [0.05, 0.1) is 5.02 Å². The summed E-state index contributed by atoms with van der Waals surface area (Å²) in [4.78, 5) is -0.234. The van der Waals surface area contributed by atoms with E-state index in [9.17, 15) is 8.42 Å². The smallest absolute Gasteiger partial charge is 1.00 e. The molecule has 0 aliphatic rings. The van der Waals surface area contributed by atoms with Crippen molar-refractivity contribution in [3.8, 4) is 0 Å². The minimum atomic E-state index is -4.29. The average molecular weight is 267 g/mol. The first-order valence-electron chi connectivity index (χ1n) is 4.15. The van der Waals surface area contributed by atoms with Crippen molar-refractivity contribution >= 4 is 32.5 Å². The van der Waals surface area contributed by atoms with Gasteiger partial charge in [-0.15, -0.1) is 0 Å². The fraction of sp³-hybridized carbons (Fsp3) is 0. The number of rotatable bonds is 1. The summed E-state index contributed by atoms with van der Waals surface area (Å²) in [5, 5.41) is 1.17. The predicted octanol–water partition coefficient (Wildman–Crippen LogP) is -0.144. The first-order valence-corrected chi connectivity index (χ1v) is 5.97. The van der Waals surface area contributed by atoms with Gasteiger partial charge in [-0.2, -0.15) is 8.42 Å². The molecule has 2 aromatic carbocycles. The topological polar surface area (TPSA) is 54.4 Å². The Morgan fingerprint density at radius 3 is 2.38 bits per heavy atom. The molecule has 0 saturated carbocycles. The summed E-state index contributed by atoms with van der Waals surface area (Å²) in [5.74, 6) is 0. The Morgan fingerprint density at radius 2 is 1.75 bits per heavy atom. The zero-order valence-electron chi connectivity index (χ0n) is 9.51. The van der Waals surface area contributed by atoms with Gasteiger partial charge >= 0.3 is 29.6 Å². The maximum absolute atomic E-state index is 11.1. The molecule has 0 fully saturated rings. The fourth-order valence-corrected chi connectivity index (χ4v) is 2.71. The van der Waals surface area contributed by atoms with E-state index < -0.39 is 10.1 Å². The van der Waals surface area contributed by atoms with Crippen LogP contribution in [0.15, 0.2) is 41.3 Å². The zero-order valence-corrected chi connectivity index (χ0v) is 12.1. The molecular weight excluding hydrogens is 259 g/mol. The molecule has 0 aliphatic heterocycles. The second-order valence-electron chi connectivity index (χ2n) is 3.07. The van der Waals surface area contributed by atoms with Crippen LogP contribution in [0.3, 0.4) is 0 Å². The van der Waals surface area contributed by atoms with E-state index >= 15 is 0 Å². The van der Waals surface area contributed by atoms with Gasteiger partial charge in [0.1, 0.15) is 4.90 Å². The third kappa shape index (κ3) is 2.59. The van der Waals surface area contributed by atoms with Gasteiger partial charge in [-0.1, -0.05) is 41.9 Å². The summed E-state index contributed by atoms with van der Waals surface area (Å²) in [6, 6.07) is 9.97. The molecule has 0 bridgehead atoms. The fourth-order valence-electron chi connectivity index (χ4n) is 1.48. The first-order chi connectivity index (χ1) is 7.00. The van der Waals surface area contributed by atoms with Crippen molar-refractivity contribution in [2.24, 2.45) is 0 Å². The summed E-state index contributed by atoms with van der Waals surface area (Å²) in [5.41, 5.74) is 0. The van der Waals surface area contributed by atoms with Crippen molar-refractivity contribution < 1.29 is 44.0 Å². The SMILES string of the molecule is O=S(=O)(O)c1c(Cl)ccc2ccccc12.[H-].[Na+]. The zero-order chi connectivity index (χ0) is 11.1. The summed E-state index contributed by atoms with van der Waals surface area (Å²) < 4.78 is 31.3. The maximum atomic E-state index is 11.1. The van der Waals surface area contributed by atoms with E-state index in [0.717, 1.165) is 5.39 Å². The Morgan fingerprint density at radius 1 is 1.12 bits per heavy atom. The number of benzene rings is 2. The van der Waals surface area contributed by atoms with Crippen molar-refractivity contribution in [1.29, 1.82) is 0 Å². The Hall–Kier alpha value is -0.100. The van der Waals surface area contributed by atoms with Crippen molar-refractivity contribution in [1.82, 2.24) is 0 Å². The normalized spacial score (nSPS) is 11.1. The monoisotopic (exact) mass is 266 g/mol. The Balaban J connectivity index is 0.00000128. The molecule has 0 radical (unpaired) electrons. The molecule has 0 unspecified atom stereocenters. The molecule has 0 atom stereocenters. The van der Waals surface area contributed by atoms with Crippen LogP contribution in [0.2, 0.25) is 5.02 Å². The summed E-state index contributed by atoms with van der Waals surface area (Å²) in [7, 11) is -4.29. The van der Waals surface area contributed by atoms with E-state index in [1.54, 1.807) is 30.3 Å². The molecule has 1 N–H and O–H groups in total. The quantitative estimate of drug-likeness (QED) is 0.577. The Kier molecular flexibility index (Phi) is 4.40. The molecule has 0 aromatic heterocycles. The molecule has 80 valence electrons. The molecule has 0 saturated heterocycles. The van der Waals surface area contributed by atoms with Crippen LogP contribution in [0.4, 0.5) is 0 Å². The molecule has 0 aliphatic carbocycles. The number of halogens is 1. The van der Waals surface area contributed by atoms with E-state index in [4.69, 9.17) is 16.2 Å². The van der Waals surface area contributed by atoms with Crippen LogP contribution in [0, 0.1) is 0 Å². The minimum absolute atomic E-state index is 0. The van der Waals surface area contributed by atoms with Crippen LogP contribution in [-0.2, 0) is 10.1 Å². The Bertz CT molecular complexity index is 630. The molecule has 6 heteroatoms. The summed E-state index contributed by atoms with van der Waals surface area (Å²) in [6.45, 7) is 0. The third-order valence-electron chi connectivity index (χ3n) is 2.09. The van der Waals surface area contributed by atoms with Crippen molar-refractivity contribution in [3.63, 3.8) is 0 Å². The molecule has 16 heavy (non-hydrogen) atoms. The van der Waals surface area contributed by atoms with E-state index in [0.29, 0.717) is 5.39 Å². The number of hydrogen-bond donors (Lipinski definition) is 1. The number of fused-ring (bicyclic) bond motifs is 1. The molecule has 0 heterocycles. The standard InChI is InChI=1S/C10H7ClO3S.Na.H/c11-9-6-5-7-3-1-2-4-8(7)10(9)15(12,13)14;;/h1-6H,(H,12,13,14);;/q;+1;-1. The summed E-state index contributed by atoms with van der Waals surface area (Å²) in [6.07, 6.45) is 0. The van der Waals surface area contributed by atoms with Gasteiger partial charge in [-0.25, -0.2) is 0 Å². The van der Waals surface area contributed by atoms with Crippen LogP contribution in [0.5, 0.6) is 0 Å². The van der Waals surface area contributed by atoms with E-state index in [1.165, 1.54) is 6.07 Å². The van der Waals surface area contributed by atoms with Gasteiger partial charge in [-0.3, -0.25) is 4.55 Å². The first kappa shape index (κ1) is 14.0. The molecule has 3 nitrogen and oxygen atoms in total. The van der Waals surface area contributed by atoms with Crippen molar-refractivity contribution in [2.45, 2.75) is 4.90 Å². The van der Waals surface area contributed by atoms with E-state index in [-0.39, 0.29) is 40.9 Å². The minimum Gasteiger partial charge on any atom is -1.00 e. The van der Waals surface area contributed by atoms with Gasteiger partial charge in [0.25, 0.3) is 10.1 Å². The molecule has 0 amide bonds. The van der Waals surface area contributed by atoms with Gasteiger partial charge in [-0.05, 0) is 11.5 Å². The molecule has 2 aromatic rings. The second-order valence-corrected chi connectivity index (χ2v) is 4.84. The maximum Gasteiger partial charge on any atom is 1.00 e. The molecule has 2 rings (SSSR count). The van der Waals surface area contributed by atoms with Crippen LogP contribution >= 0.6 is 11.6 Å². The largest absolute Gasteiger partial charge is 1.00 e. The second kappa shape index (κ2) is 5.04. The van der Waals surface area contributed by atoms with Crippen LogP contribution < -0.4 is 29.6 Å². The predicted molar refractivity (Wildman–Crippen MR) is 59.9 cm³/mol. The van der Waals surface area contributed by atoms with Gasteiger partial charge in [0, 0.05) is 5.39 Å².